The van der Waals surface area contributed by atoms with Gasteiger partial charge in [0.1, 0.15) is 17.2 Å². The highest BCUT2D eigenvalue weighted by atomic mass is 32.1. The van der Waals surface area contributed by atoms with Crippen molar-refractivity contribution >= 4 is 33.1 Å². The molecule has 2 aromatic heterocycles. The van der Waals surface area contributed by atoms with Crippen LogP contribution in [0.15, 0.2) is 35.1 Å². The largest absolute Gasteiger partial charge is 0.311 e. The number of benzene rings is 1. The summed E-state index contributed by atoms with van der Waals surface area (Å²) in [6.07, 6.45) is 4.22. The van der Waals surface area contributed by atoms with Crippen LogP contribution >= 0.6 is 11.3 Å². The van der Waals surface area contributed by atoms with E-state index in [4.69, 9.17) is 4.98 Å². The average Bonchev–Trinajstić information content (AvgIpc) is 3.10. The molecule has 7 heteroatoms. The van der Waals surface area contributed by atoms with Crippen molar-refractivity contribution in [3.63, 3.8) is 0 Å². The van der Waals surface area contributed by atoms with Crippen LogP contribution in [0.5, 0.6) is 0 Å². The van der Waals surface area contributed by atoms with Crippen LogP contribution in [0.25, 0.3) is 10.2 Å². The third-order valence-corrected chi connectivity index (χ3v) is 6.78. The Morgan fingerprint density at radius 3 is 2.60 bits per heavy atom. The van der Waals surface area contributed by atoms with Gasteiger partial charge in [0.05, 0.1) is 11.9 Å². The minimum atomic E-state index is -0.101. The molecule has 0 spiro atoms. The topological polar surface area (TPSA) is 58.4 Å². The molecule has 0 unspecified atom stereocenters. The fourth-order valence-electron chi connectivity index (χ4n) is 4.18. The van der Waals surface area contributed by atoms with Gasteiger partial charge >= 0.3 is 0 Å². The van der Waals surface area contributed by atoms with E-state index in [-0.39, 0.29) is 18.0 Å². The number of hydrogen-bond donors (Lipinski definition) is 0. The molecule has 1 aliphatic carbocycles. The van der Waals surface area contributed by atoms with Gasteiger partial charge in [-0.2, -0.15) is 0 Å². The van der Waals surface area contributed by atoms with Crippen molar-refractivity contribution < 1.29 is 4.79 Å². The second-order valence-electron chi connectivity index (χ2n) is 8.02. The third kappa shape index (κ3) is 3.91. The van der Waals surface area contributed by atoms with Crippen LogP contribution < -0.4 is 10.5 Å². The third-order valence-electron chi connectivity index (χ3n) is 5.59. The standard InChI is InChI=1S/C23H28N4O2S/c1-4-26(16-10-6-5-7-11-16)20(28)15-27-19(14-25(2)3)24-22-21(23(27)29)17-12-8-9-13-18(17)30-22/h5-7,10-11H,4,8-9,12-15H2,1-3H3. The molecule has 6 nitrogen and oxygen atoms in total. The van der Waals surface area contributed by atoms with Crippen LogP contribution in [0, 0.1) is 0 Å². The molecule has 0 saturated carbocycles. The molecular formula is C23H28N4O2S. The molecule has 0 radical (unpaired) electrons. The molecule has 2 heterocycles. The minimum Gasteiger partial charge on any atom is -0.311 e. The molecule has 0 saturated heterocycles. The van der Waals surface area contributed by atoms with E-state index >= 15 is 0 Å². The number of carbonyl (C=O) groups excluding carboxylic acids is 1. The van der Waals surface area contributed by atoms with Gasteiger partial charge in [0, 0.05) is 17.1 Å². The van der Waals surface area contributed by atoms with E-state index in [0.29, 0.717) is 18.9 Å². The Balaban J connectivity index is 1.79. The number of aromatic nitrogens is 2. The summed E-state index contributed by atoms with van der Waals surface area (Å²) in [5.74, 6) is 0.546. The van der Waals surface area contributed by atoms with Gasteiger partial charge in [-0.15, -0.1) is 11.3 Å². The summed E-state index contributed by atoms with van der Waals surface area (Å²) < 4.78 is 1.60. The molecule has 1 aliphatic rings. The maximum atomic E-state index is 13.6. The van der Waals surface area contributed by atoms with E-state index < -0.39 is 0 Å². The summed E-state index contributed by atoms with van der Waals surface area (Å²) in [7, 11) is 3.90. The number of likely N-dealkylation sites (N-methyl/N-ethyl adjacent to an activating group) is 1. The normalized spacial score (nSPS) is 13.6. The average molecular weight is 425 g/mol. The van der Waals surface area contributed by atoms with Crippen molar-refractivity contribution in [1.29, 1.82) is 0 Å². The first-order valence-electron chi connectivity index (χ1n) is 10.5. The number of nitrogens with zero attached hydrogens (tertiary/aromatic N) is 4. The van der Waals surface area contributed by atoms with E-state index in [1.54, 1.807) is 20.8 Å². The van der Waals surface area contributed by atoms with Crippen molar-refractivity contribution in [3.05, 3.63) is 57.0 Å². The zero-order valence-electron chi connectivity index (χ0n) is 17.9. The van der Waals surface area contributed by atoms with Gasteiger partial charge in [-0.25, -0.2) is 4.98 Å². The second kappa shape index (κ2) is 8.70. The molecule has 0 atom stereocenters. The predicted molar refractivity (Wildman–Crippen MR) is 122 cm³/mol. The first-order valence-corrected chi connectivity index (χ1v) is 11.3. The second-order valence-corrected chi connectivity index (χ2v) is 9.11. The SMILES string of the molecule is CCN(C(=O)Cn1c(CN(C)C)nc2sc3c(c2c1=O)CCCC3)c1ccccc1. The summed E-state index contributed by atoms with van der Waals surface area (Å²) in [5.41, 5.74) is 1.93. The van der Waals surface area contributed by atoms with Crippen molar-refractivity contribution in [2.24, 2.45) is 0 Å². The van der Waals surface area contributed by atoms with Gasteiger partial charge in [-0.05, 0) is 64.4 Å². The number of hydrogen-bond acceptors (Lipinski definition) is 5. The molecule has 1 amide bonds. The highest BCUT2D eigenvalue weighted by Crippen LogP contribution is 2.33. The van der Waals surface area contributed by atoms with E-state index in [1.807, 2.05) is 56.3 Å². The van der Waals surface area contributed by atoms with Crippen LogP contribution in [-0.2, 0) is 30.7 Å². The van der Waals surface area contributed by atoms with Crippen molar-refractivity contribution in [3.8, 4) is 0 Å². The van der Waals surface area contributed by atoms with Gasteiger partial charge in [0.25, 0.3) is 5.56 Å². The Kier molecular flexibility index (Phi) is 6.01. The number of thiophene rings is 1. The Morgan fingerprint density at radius 1 is 1.17 bits per heavy atom. The maximum absolute atomic E-state index is 13.6. The molecule has 30 heavy (non-hydrogen) atoms. The van der Waals surface area contributed by atoms with Crippen LogP contribution in [0.2, 0.25) is 0 Å². The molecule has 1 aromatic carbocycles. The van der Waals surface area contributed by atoms with E-state index in [2.05, 4.69) is 0 Å². The van der Waals surface area contributed by atoms with Crippen LogP contribution in [0.4, 0.5) is 5.69 Å². The summed E-state index contributed by atoms with van der Waals surface area (Å²) in [4.78, 5) is 37.5. The quantitative estimate of drug-likeness (QED) is 0.608. The van der Waals surface area contributed by atoms with Crippen molar-refractivity contribution in [1.82, 2.24) is 14.5 Å². The number of fused-ring (bicyclic) bond motifs is 3. The molecule has 0 bridgehead atoms. The van der Waals surface area contributed by atoms with Gasteiger partial charge < -0.3 is 9.80 Å². The Bertz CT molecular complexity index is 1120. The molecule has 158 valence electrons. The Morgan fingerprint density at radius 2 is 1.90 bits per heavy atom. The van der Waals surface area contributed by atoms with Gasteiger partial charge in [-0.3, -0.25) is 14.2 Å². The van der Waals surface area contributed by atoms with Gasteiger partial charge in [0.15, 0.2) is 0 Å². The Hall–Kier alpha value is -2.51. The number of rotatable bonds is 6. The van der Waals surface area contributed by atoms with E-state index in [9.17, 15) is 9.59 Å². The van der Waals surface area contributed by atoms with Gasteiger partial charge in [0.2, 0.25) is 5.91 Å². The molecule has 0 N–H and O–H groups in total. The maximum Gasteiger partial charge on any atom is 0.263 e. The van der Waals surface area contributed by atoms with Gasteiger partial charge in [-0.1, -0.05) is 18.2 Å². The lowest BCUT2D eigenvalue weighted by Gasteiger charge is -2.23. The summed E-state index contributed by atoms with van der Waals surface area (Å²) >= 11 is 1.65. The number of amides is 1. The van der Waals surface area contributed by atoms with Crippen molar-refractivity contribution in [2.45, 2.75) is 45.7 Å². The van der Waals surface area contributed by atoms with E-state index in [0.717, 1.165) is 40.7 Å². The highest BCUT2D eigenvalue weighted by molar-refractivity contribution is 7.18. The first-order chi connectivity index (χ1) is 14.5. The van der Waals surface area contributed by atoms with Crippen molar-refractivity contribution in [2.75, 3.05) is 25.5 Å². The monoisotopic (exact) mass is 424 g/mol. The lowest BCUT2D eigenvalue weighted by molar-refractivity contribution is -0.119. The summed E-state index contributed by atoms with van der Waals surface area (Å²) in [6.45, 7) is 3.01. The van der Waals surface area contributed by atoms with Crippen LogP contribution in [-0.4, -0.2) is 41.0 Å². The molecular weight excluding hydrogens is 396 g/mol. The smallest absolute Gasteiger partial charge is 0.263 e. The van der Waals surface area contributed by atoms with Crippen LogP contribution in [0.3, 0.4) is 0 Å². The molecule has 3 aromatic rings. The number of anilines is 1. The lowest BCUT2D eigenvalue weighted by atomic mass is 9.97. The van der Waals surface area contributed by atoms with Crippen LogP contribution in [0.1, 0.15) is 36.0 Å². The first kappa shape index (κ1) is 20.8. The summed E-state index contributed by atoms with van der Waals surface area (Å²) in [6, 6.07) is 9.60. The molecule has 4 rings (SSSR count). The lowest BCUT2D eigenvalue weighted by Crippen LogP contribution is -2.38. The number of carbonyl (C=O) groups is 1. The fraction of sp³-hybridized carbons (Fsp3) is 0.435. The number of para-hydroxylation sites is 1. The van der Waals surface area contributed by atoms with E-state index in [1.165, 1.54) is 11.3 Å². The molecule has 0 fully saturated rings. The fourth-order valence-corrected chi connectivity index (χ4v) is 5.45. The zero-order chi connectivity index (χ0) is 21.3. The predicted octanol–water partition coefficient (Wildman–Crippen LogP) is 3.45. The number of aryl methyl sites for hydroxylation is 2. The summed E-state index contributed by atoms with van der Waals surface area (Å²) in [5, 5.41) is 0.729. The molecule has 0 aliphatic heterocycles. The zero-order valence-corrected chi connectivity index (χ0v) is 18.7. The Labute approximate surface area is 180 Å². The minimum absolute atomic E-state index is 0.00169. The highest BCUT2D eigenvalue weighted by Gasteiger charge is 2.24.